The number of carbonyl (C=O) groups excluding carboxylic acids is 1. The largest absolute Gasteiger partial charge is 0.396 e. The van der Waals surface area contributed by atoms with Gasteiger partial charge in [-0.1, -0.05) is 24.6 Å². The van der Waals surface area contributed by atoms with Gasteiger partial charge in [0.1, 0.15) is 0 Å². The number of amides is 1. The minimum atomic E-state index is -0.302. The zero-order chi connectivity index (χ0) is 15.2. The van der Waals surface area contributed by atoms with Crippen molar-refractivity contribution in [2.45, 2.75) is 25.8 Å². The summed E-state index contributed by atoms with van der Waals surface area (Å²) in [5.41, 5.74) is 0.912. The van der Waals surface area contributed by atoms with Crippen LogP contribution in [-0.4, -0.2) is 38.7 Å². The first-order chi connectivity index (χ1) is 10.1. The van der Waals surface area contributed by atoms with Crippen molar-refractivity contribution in [3.63, 3.8) is 0 Å². The first kappa shape index (κ1) is 15.5. The molecule has 1 aromatic heterocycles. The lowest BCUT2D eigenvalue weighted by Gasteiger charge is -2.14. The smallest absolute Gasteiger partial charge is 0.273 e. The predicted molar refractivity (Wildman–Crippen MR) is 79.6 cm³/mol. The summed E-state index contributed by atoms with van der Waals surface area (Å²) < 4.78 is 0. The molecule has 0 aliphatic heterocycles. The average molecular weight is 309 g/mol. The molecule has 0 saturated carbocycles. The van der Waals surface area contributed by atoms with Crippen LogP contribution in [0.3, 0.4) is 0 Å². The van der Waals surface area contributed by atoms with Crippen LogP contribution in [0.4, 0.5) is 0 Å². The van der Waals surface area contributed by atoms with Gasteiger partial charge in [-0.15, -0.1) is 5.10 Å². The molecule has 1 atom stereocenters. The van der Waals surface area contributed by atoms with Crippen molar-refractivity contribution in [3.8, 4) is 5.69 Å². The second-order valence-corrected chi connectivity index (χ2v) is 5.03. The van der Waals surface area contributed by atoms with E-state index in [-0.39, 0.29) is 24.2 Å². The van der Waals surface area contributed by atoms with E-state index in [1.54, 1.807) is 24.3 Å². The second-order valence-electron chi connectivity index (χ2n) is 4.59. The maximum atomic E-state index is 12.1. The summed E-state index contributed by atoms with van der Waals surface area (Å²) in [6.07, 6.45) is 2.67. The van der Waals surface area contributed by atoms with Gasteiger partial charge in [-0.2, -0.15) is 9.90 Å². The molecule has 1 aromatic carbocycles. The van der Waals surface area contributed by atoms with Gasteiger partial charge in [-0.3, -0.25) is 4.79 Å². The van der Waals surface area contributed by atoms with Crippen molar-refractivity contribution in [2.24, 2.45) is 0 Å². The van der Waals surface area contributed by atoms with Crippen molar-refractivity contribution in [1.82, 2.24) is 20.3 Å². The highest BCUT2D eigenvalue weighted by atomic mass is 35.5. The van der Waals surface area contributed by atoms with Crippen molar-refractivity contribution in [1.29, 1.82) is 0 Å². The minimum Gasteiger partial charge on any atom is -0.396 e. The van der Waals surface area contributed by atoms with Crippen molar-refractivity contribution >= 4 is 17.5 Å². The Hall–Kier alpha value is -1.92. The number of carbonyl (C=O) groups is 1. The fourth-order valence-corrected chi connectivity index (χ4v) is 2.07. The molecule has 1 heterocycles. The van der Waals surface area contributed by atoms with Crippen molar-refractivity contribution < 1.29 is 9.90 Å². The molecule has 2 aromatic rings. The second kappa shape index (κ2) is 7.19. The molecule has 2 rings (SSSR count). The van der Waals surface area contributed by atoms with Crippen LogP contribution in [0.25, 0.3) is 5.69 Å². The maximum Gasteiger partial charge on any atom is 0.273 e. The van der Waals surface area contributed by atoms with Gasteiger partial charge < -0.3 is 10.4 Å². The first-order valence-corrected chi connectivity index (χ1v) is 7.12. The number of aliphatic hydroxyl groups excluding tert-OH is 1. The molecular formula is C14H17ClN4O2. The highest BCUT2D eigenvalue weighted by molar-refractivity contribution is 6.30. The van der Waals surface area contributed by atoms with E-state index in [1.807, 2.05) is 6.92 Å². The predicted octanol–water partition coefficient (Wildman–Crippen LogP) is 1.81. The third-order valence-corrected chi connectivity index (χ3v) is 3.30. The number of halogens is 1. The van der Waals surface area contributed by atoms with E-state index in [0.29, 0.717) is 17.1 Å². The van der Waals surface area contributed by atoms with Crippen LogP contribution in [0.15, 0.2) is 30.5 Å². The van der Waals surface area contributed by atoms with Crippen LogP contribution in [0, 0.1) is 0 Å². The average Bonchev–Trinajstić information content (AvgIpc) is 2.96. The number of hydrogen-bond acceptors (Lipinski definition) is 4. The van der Waals surface area contributed by atoms with Crippen molar-refractivity contribution in [2.75, 3.05) is 6.61 Å². The summed E-state index contributed by atoms with van der Waals surface area (Å²) in [6, 6.07) is 6.98. The highest BCUT2D eigenvalue weighted by Crippen LogP contribution is 2.13. The number of hydrogen-bond donors (Lipinski definition) is 2. The number of nitrogens with one attached hydrogen (secondary N) is 1. The number of rotatable bonds is 6. The van der Waals surface area contributed by atoms with E-state index in [4.69, 9.17) is 16.7 Å². The number of nitrogens with zero attached hydrogens (tertiary/aromatic N) is 3. The molecule has 0 aliphatic rings. The highest BCUT2D eigenvalue weighted by Gasteiger charge is 2.15. The third-order valence-electron chi connectivity index (χ3n) is 3.07. The maximum absolute atomic E-state index is 12.1. The van der Waals surface area contributed by atoms with Gasteiger partial charge in [0.25, 0.3) is 5.91 Å². The topological polar surface area (TPSA) is 80.0 Å². The van der Waals surface area contributed by atoms with Gasteiger partial charge in [0.05, 0.1) is 11.9 Å². The normalized spacial score (nSPS) is 12.1. The summed E-state index contributed by atoms with van der Waals surface area (Å²) in [5, 5.41) is 20.5. The van der Waals surface area contributed by atoms with Crippen LogP contribution in [0.1, 0.15) is 30.3 Å². The van der Waals surface area contributed by atoms with Crippen LogP contribution in [-0.2, 0) is 0 Å². The van der Waals surface area contributed by atoms with Gasteiger partial charge in [-0.05, 0) is 31.0 Å². The van der Waals surface area contributed by atoms with E-state index < -0.39 is 0 Å². The number of benzene rings is 1. The lowest BCUT2D eigenvalue weighted by molar-refractivity contribution is 0.0923. The summed E-state index contributed by atoms with van der Waals surface area (Å²) >= 11 is 5.91. The van der Waals surface area contributed by atoms with Gasteiger partial charge in [0, 0.05) is 17.7 Å². The molecule has 0 aliphatic carbocycles. The summed E-state index contributed by atoms with van der Waals surface area (Å²) in [4.78, 5) is 13.4. The molecule has 0 radical (unpaired) electrons. The molecule has 7 heteroatoms. The van der Waals surface area contributed by atoms with Crippen LogP contribution < -0.4 is 5.32 Å². The fourth-order valence-electron chi connectivity index (χ4n) is 1.89. The van der Waals surface area contributed by atoms with Crippen LogP contribution in [0.5, 0.6) is 0 Å². The van der Waals surface area contributed by atoms with Gasteiger partial charge >= 0.3 is 0 Å². The third kappa shape index (κ3) is 4.03. The monoisotopic (exact) mass is 308 g/mol. The van der Waals surface area contributed by atoms with Crippen LogP contribution in [0.2, 0.25) is 5.02 Å². The molecule has 112 valence electrons. The standard InChI is InChI=1S/C14H17ClN4O2/c1-2-11(6-7-20)17-14(21)13-9-16-19(18-13)12-5-3-4-10(15)8-12/h3-5,8-9,11,20H,2,6-7H2,1H3,(H,17,21). The van der Waals surface area contributed by atoms with E-state index in [9.17, 15) is 4.79 Å². The minimum absolute atomic E-state index is 0.0357. The quantitative estimate of drug-likeness (QED) is 0.853. The molecule has 21 heavy (non-hydrogen) atoms. The zero-order valence-corrected chi connectivity index (χ0v) is 12.4. The number of aliphatic hydroxyl groups is 1. The SMILES string of the molecule is CCC(CCO)NC(=O)c1cnn(-c2cccc(Cl)c2)n1. The van der Waals surface area contributed by atoms with E-state index in [0.717, 1.165) is 6.42 Å². The van der Waals surface area contributed by atoms with E-state index >= 15 is 0 Å². The van der Waals surface area contributed by atoms with Gasteiger partial charge in [0.15, 0.2) is 5.69 Å². The summed E-state index contributed by atoms with van der Waals surface area (Å²) in [7, 11) is 0. The lowest BCUT2D eigenvalue weighted by Crippen LogP contribution is -2.35. The molecule has 1 unspecified atom stereocenters. The Morgan fingerprint density at radius 1 is 1.52 bits per heavy atom. The Kier molecular flexibility index (Phi) is 5.30. The Morgan fingerprint density at radius 2 is 2.33 bits per heavy atom. The van der Waals surface area contributed by atoms with E-state index in [2.05, 4.69) is 15.5 Å². The molecule has 0 saturated heterocycles. The Bertz CT molecular complexity index is 615. The van der Waals surface area contributed by atoms with Gasteiger partial charge in [0.2, 0.25) is 0 Å². The fraction of sp³-hybridized carbons (Fsp3) is 0.357. The van der Waals surface area contributed by atoms with Gasteiger partial charge in [-0.25, -0.2) is 0 Å². The molecule has 1 amide bonds. The lowest BCUT2D eigenvalue weighted by atomic mass is 10.1. The Morgan fingerprint density at radius 3 is 3.00 bits per heavy atom. The Balaban J connectivity index is 2.10. The molecular weight excluding hydrogens is 292 g/mol. The number of aromatic nitrogens is 3. The molecule has 0 spiro atoms. The summed E-state index contributed by atoms with van der Waals surface area (Å²) in [6.45, 7) is 1.98. The molecule has 6 nitrogen and oxygen atoms in total. The molecule has 2 N–H and O–H groups in total. The Labute approximate surface area is 127 Å². The summed E-state index contributed by atoms with van der Waals surface area (Å²) in [5.74, 6) is -0.302. The van der Waals surface area contributed by atoms with Crippen molar-refractivity contribution in [3.05, 3.63) is 41.2 Å². The zero-order valence-electron chi connectivity index (χ0n) is 11.7. The molecule has 0 bridgehead atoms. The van der Waals surface area contributed by atoms with E-state index in [1.165, 1.54) is 11.0 Å². The first-order valence-electron chi connectivity index (χ1n) is 6.74. The molecule has 0 fully saturated rings. The van der Waals surface area contributed by atoms with Crippen LogP contribution >= 0.6 is 11.6 Å².